The van der Waals surface area contributed by atoms with Crippen LogP contribution >= 0.6 is 0 Å². The molecule has 0 bridgehead atoms. The molecule has 0 saturated heterocycles. The molecule has 4 rings (SSSR count). The number of esters is 2. The van der Waals surface area contributed by atoms with Crippen molar-refractivity contribution >= 4 is 11.9 Å². The largest absolute Gasteiger partial charge is 0.466 e. The molecule has 1 aromatic heterocycles. The third kappa shape index (κ3) is 4.16. The summed E-state index contributed by atoms with van der Waals surface area (Å²) in [5, 5.41) is 6.60. The summed E-state index contributed by atoms with van der Waals surface area (Å²) >= 11 is 0. The lowest BCUT2D eigenvalue weighted by Crippen LogP contribution is -2.32. The molecular weight excluding hydrogens is 406 g/mol. The molecule has 3 heterocycles. The van der Waals surface area contributed by atoms with Crippen molar-refractivity contribution in [2.45, 2.75) is 38.8 Å². The lowest BCUT2D eigenvalue weighted by atomic mass is 9.83. The average molecular weight is 434 g/mol. The van der Waals surface area contributed by atoms with Crippen LogP contribution in [0, 0.1) is 0 Å². The van der Waals surface area contributed by atoms with E-state index in [1.807, 2.05) is 18.2 Å². The van der Waals surface area contributed by atoms with Gasteiger partial charge in [-0.25, -0.2) is 9.59 Å². The number of pyridine rings is 1. The van der Waals surface area contributed by atoms with Gasteiger partial charge in [0.25, 0.3) is 0 Å². The summed E-state index contributed by atoms with van der Waals surface area (Å²) in [6.45, 7) is 4.67. The van der Waals surface area contributed by atoms with Crippen molar-refractivity contribution in [1.29, 1.82) is 0 Å². The number of fused-ring (bicyclic) bond motifs is 1. The number of dihydropyridines is 1. The highest BCUT2D eigenvalue weighted by atomic mass is 16.5. The monoisotopic (exact) mass is 433 g/mol. The first-order valence-corrected chi connectivity index (χ1v) is 10.7. The molecule has 1 unspecified atom stereocenters. The number of methoxy groups -OCH3 is 1. The number of aromatic nitrogens is 1. The third-order valence-corrected chi connectivity index (χ3v) is 5.98. The second-order valence-electron chi connectivity index (χ2n) is 7.94. The molecule has 2 aliphatic heterocycles. The molecule has 166 valence electrons. The highest BCUT2D eigenvalue weighted by molar-refractivity contribution is 5.99. The van der Waals surface area contributed by atoms with Crippen LogP contribution in [0.5, 0.6) is 0 Å². The molecule has 2 N–H and O–H groups in total. The van der Waals surface area contributed by atoms with E-state index in [-0.39, 0.29) is 12.6 Å². The molecule has 0 saturated carbocycles. The summed E-state index contributed by atoms with van der Waals surface area (Å²) in [5.41, 5.74) is 5.11. The number of hydrogen-bond acceptors (Lipinski definition) is 7. The number of nitrogens with one attached hydrogen (secondary N) is 2. The lowest BCUT2D eigenvalue weighted by Gasteiger charge is -2.29. The van der Waals surface area contributed by atoms with Gasteiger partial charge in [0, 0.05) is 36.6 Å². The number of benzene rings is 1. The minimum absolute atomic E-state index is 0.151. The number of hydrogen-bond donors (Lipinski definition) is 2. The predicted octanol–water partition coefficient (Wildman–Crippen LogP) is 3.27. The summed E-state index contributed by atoms with van der Waals surface area (Å²) in [5.74, 6) is -1.64. The van der Waals surface area contributed by atoms with Crippen LogP contribution in [0.1, 0.15) is 49.0 Å². The van der Waals surface area contributed by atoms with Crippen LogP contribution in [0.4, 0.5) is 0 Å². The molecule has 2 aliphatic rings. The van der Waals surface area contributed by atoms with Gasteiger partial charge >= 0.3 is 11.9 Å². The van der Waals surface area contributed by atoms with Crippen molar-refractivity contribution in [1.82, 2.24) is 15.6 Å². The molecule has 7 heteroatoms. The van der Waals surface area contributed by atoms with Crippen molar-refractivity contribution in [2.24, 2.45) is 0 Å². The average Bonchev–Trinajstić information content (AvgIpc) is 3.21. The van der Waals surface area contributed by atoms with E-state index < -0.39 is 17.9 Å². The number of ether oxygens (including phenoxy) is 2. The molecular formula is C25H27N3O4. The molecule has 1 aromatic carbocycles. The Balaban J connectivity index is 1.54. The van der Waals surface area contributed by atoms with Crippen LogP contribution in [0.3, 0.4) is 0 Å². The van der Waals surface area contributed by atoms with Crippen LogP contribution in [0.25, 0.3) is 0 Å². The zero-order chi connectivity index (χ0) is 22.7. The second kappa shape index (κ2) is 9.36. The highest BCUT2D eigenvalue weighted by Crippen LogP contribution is 2.38. The fourth-order valence-electron chi connectivity index (χ4n) is 4.47. The summed E-state index contributed by atoms with van der Waals surface area (Å²) in [7, 11) is 1.33. The Morgan fingerprint density at radius 1 is 1.03 bits per heavy atom. The van der Waals surface area contributed by atoms with E-state index in [0.717, 1.165) is 6.54 Å². The predicted molar refractivity (Wildman–Crippen MR) is 119 cm³/mol. The Kier molecular flexibility index (Phi) is 6.37. The van der Waals surface area contributed by atoms with Gasteiger partial charge in [0.2, 0.25) is 0 Å². The van der Waals surface area contributed by atoms with Crippen LogP contribution in [0.15, 0.2) is 71.2 Å². The fraction of sp³-hybridized carbons (Fsp3) is 0.320. The van der Waals surface area contributed by atoms with Gasteiger partial charge < -0.3 is 20.1 Å². The number of rotatable bonds is 6. The fourth-order valence-corrected chi connectivity index (χ4v) is 4.47. The Hall–Kier alpha value is -3.45. The first kappa shape index (κ1) is 21.8. The van der Waals surface area contributed by atoms with Crippen molar-refractivity contribution in [3.63, 3.8) is 0 Å². The van der Waals surface area contributed by atoms with E-state index in [1.165, 1.54) is 18.2 Å². The Labute approximate surface area is 187 Å². The van der Waals surface area contributed by atoms with Gasteiger partial charge in [-0.2, -0.15) is 0 Å². The normalized spacial score (nSPS) is 20.0. The first-order chi connectivity index (χ1) is 15.5. The van der Waals surface area contributed by atoms with Crippen LogP contribution < -0.4 is 10.6 Å². The van der Waals surface area contributed by atoms with Gasteiger partial charge in [-0.1, -0.05) is 30.3 Å². The molecule has 2 aromatic rings. The van der Waals surface area contributed by atoms with Gasteiger partial charge in [-0.3, -0.25) is 4.98 Å². The number of nitrogens with zero attached hydrogens (tertiary/aromatic N) is 1. The molecule has 32 heavy (non-hydrogen) atoms. The van der Waals surface area contributed by atoms with E-state index in [0.29, 0.717) is 34.7 Å². The number of allylic oxidation sites excluding steroid dienone is 2. The minimum atomic E-state index is -0.664. The van der Waals surface area contributed by atoms with Crippen LogP contribution in [-0.2, 0) is 25.6 Å². The van der Waals surface area contributed by atoms with Crippen LogP contribution in [0.2, 0.25) is 0 Å². The van der Waals surface area contributed by atoms with Crippen molar-refractivity contribution < 1.29 is 19.1 Å². The van der Waals surface area contributed by atoms with Crippen molar-refractivity contribution in [3.05, 3.63) is 88.0 Å². The maximum Gasteiger partial charge on any atom is 0.336 e. The SMILES string of the molecule is COC(=O)C1=C(C)NC(C)=C(C(=O)OCCC2NCc3ccccc32)[C@H]1c1ccccn1. The van der Waals surface area contributed by atoms with E-state index in [9.17, 15) is 9.59 Å². The Morgan fingerprint density at radius 3 is 2.47 bits per heavy atom. The zero-order valence-electron chi connectivity index (χ0n) is 18.5. The standard InChI is InChI=1S/C25H27N3O4/c1-15-21(24(29)31-3)23(20-10-6-7-12-26-20)22(16(2)28-15)25(30)32-13-11-19-18-9-5-4-8-17(18)14-27-19/h4-10,12,19,23,27-28H,11,13-14H2,1-3H3/t19?,23-/m0/s1. The van der Waals surface area contributed by atoms with E-state index in [4.69, 9.17) is 9.47 Å². The molecule has 2 atom stereocenters. The Bertz CT molecular complexity index is 1090. The van der Waals surface area contributed by atoms with Crippen molar-refractivity contribution in [2.75, 3.05) is 13.7 Å². The number of carbonyl (C=O) groups is 2. The van der Waals surface area contributed by atoms with Crippen molar-refractivity contribution in [3.8, 4) is 0 Å². The summed E-state index contributed by atoms with van der Waals surface area (Å²) in [6, 6.07) is 13.8. The number of carbonyl (C=O) groups excluding carboxylic acids is 2. The Morgan fingerprint density at radius 2 is 1.75 bits per heavy atom. The molecule has 0 spiro atoms. The lowest BCUT2D eigenvalue weighted by molar-refractivity contribution is -0.139. The van der Waals surface area contributed by atoms with Gasteiger partial charge in [-0.15, -0.1) is 0 Å². The molecule has 0 amide bonds. The zero-order valence-corrected chi connectivity index (χ0v) is 18.5. The summed E-state index contributed by atoms with van der Waals surface area (Å²) in [4.78, 5) is 30.3. The molecule has 7 nitrogen and oxygen atoms in total. The summed E-state index contributed by atoms with van der Waals surface area (Å²) < 4.78 is 10.7. The second-order valence-corrected chi connectivity index (χ2v) is 7.94. The van der Waals surface area contributed by atoms with Gasteiger partial charge in [0.15, 0.2) is 0 Å². The van der Waals surface area contributed by atoms with E-state index in [2.05, 4.69) is 27.8 Å². The maximum absolute atomic E-state index is 13.2. The van der Waals surface area contributed by atoms with Crippen LogP contribution in [-0.4, -0.2) is 30.6 Å². The molecule has 0 fully saturated rings. The van der Waals surface area contributed by atoms with Gasteiger partial charge in [0.1, 0.15) is 0 Å². The quantitative estimate of drug-likeness (QED) is 0.676. The highest BCUT2D eigenvalue weighted by Gasteiger charge is 2.38. The molecule has 0 aliphatic carbocycles. The van der Waals surface area contributed by atoms with E-state index >= 15 is 0 Å². The van der Waals surface area contributed by atoms with E-state index in [1.54, 1.807) is 32.2 Å². The van der Waals surface area contributed by atoms with Gasteiger partial charge in [-0.05, 0) is 37.1 Å². The first-order valence-electron chi connectivity index (χ1n) is 10.7. The third-order valence-electron chi connectivity index (χ3n) is 5.98. The maximum atomic E-state index is 13.2. The summed E-state index contributed by atoms with van der Waals surface area (Å²) in [6.07, 6.45) is 2.30. The van der Waals surface area contributed by atoms with Gasteiger partial charge in [0.05, 0.1) is 36.5 Å². The molecule has 0 radical (unpaired) electrons. The topological polar surface area (TPSA) is 89.5 Å². The smallest absolute Gasteiger partial charge is 0.336 e. The minimum Gasteiger partial charge on any atom is -0.466 e.